The van der Waals surface area contributed by atoms with E-state index in [1.54, 1.807) is 13.0 Å². The quantitative estimate of drug-likeness (QED) is 0.802. The molecule has 0 amide bonds. The molecule has 0 aromatic heterocycles. The molecular formula is C11H15FO2. The average molecular weight is 198 g/mol. The summed E-state index contributed by atoms with van der Waals surface area (Å²) in [7, 11) is 1.52. The van der Waals surface area contributed by atoms with Crippen molar-refractivity contribution in [1.29, 1.82) is 0 Å². The molecule has 2 nitrogen and oxygen atoms in total. The van der Waals surface area contributed by atoms with E-state index in [1.807, 2.05) is 0 Å². The summed E-state index contributed by atoms with van der Waals surface area (Å²) < 4.78 is 18.2. The molecule has 1 aromatic rings. The molecule has 0 atom stereocenters. The first-order chi connectivity index (χ1) is 6.69. The normalized spacial score (nSPS) is 10.3. The van der Waals surface area contributed by atoms with Gasteiger partial charge in [0.25, 0.3) is 0 Å². The number of ether oxygens (including phenoxy) is 1. The minimum absolute atomic E-state index is 0.138. The van der Waals surface area contributed by atoms with E-state index in [0.717, 1.165) is 5.56 Å². The summed E-state index contributed by atoms with van der Waals surface area (Å²) in [6, 6.07) is 3.16. The Balaban J connectivity index is 2.95. The van der Waals surface area contributed by atoms with Crippen molar-refractivity contribution in [3.8, 4) is 5.75 Å². The summed E-state index contributed by atoms with van der Waals surface area (Å²) in [4.78, 5) is 0. The number of hydrogen-bond donors (Lipinski definition) is 1. The Bertz CT molecular complexity index is 310. The predicted molar refractivity (Wildman–Crippen MR) is 53.1 cm³/mol. The standard InChI is InChI=1S/C11H15FO2/c1-8-6-9(4-3-5-13)11(14-2)7-10(8)12/h6-7,13H,3-5H2,1-2H3. The maximum atomic E-state index is 13.1. The Kier molecular flexibility index (Phi) is 3.89. The van der Waals surface area contributed by atoms with Crippen molar-refractivity contribution in [3.63, 3.8) is 0 Å². The maximum absolute atomic E-state index is 13.1. The van der Waals surface area contributed by atoms with Gasteiger partial charge in [-0.2, -0.15) is 0 Å². The molecule has 1 rings (SSSR count). The SMILES string of the molecule is COc1cc(F)c(C)cc1CCCO. The van der Waals surface area contributed by atoms with Crippen molar-refractivity contribution >= 4 is 0 Å². The number of methoxy groups -OCH3 is 1. The van der Waals surface area contributed by atoms with Crippen molar-refractivity contribution in [3.05, 3.63) is 29.1 Å². The second-order valence-electron chi connectivity index (χ2n) is 3.24. The third-order valence-electron chi connectivity index (χ3n) is 2.17. The topological polar surface area (TPSA) is 29.5 Å². The molecule has 0 unspecified atom stereocenters. The molecule has 0 aliphatic rings. The Morgan fingerprint density at radius 2 is 2.14 bits per heavy atom. The van der Waals surface area contributed by atoms with Gasteiger partial charge in [0.2, 0.25) is 0 Å². The maximum Gasteiger partial charge on any atom is 0.129 e. The van der Waals surface area contributed by atoms with Crippen LogP contribution in [0.4, 0.5) is 4.39 Å². The molecule has 0 fully saturated rings. The lowest BCUT2D eigenvalue weighted by Gasteiger charge is -2.09. The van der Waals surface area contributed by atoms with Crippen LogP contribution in [0.15, 0.2) is 12.1 Å². The van der Waals surface area contributed by atoms with Gasteiger partial charge in [0.1, 0.15) is 11.6 Å². The zero-order valence-electron chi connectivity index (χ0n) is 8.51. The van der Waals surface area contributed by atoms with Crippen LogP contribution in [0.2, 0.25) is 0 Å². The van der Waals surface area contributed by atoms with Crippen LogP contribution in [0.25, 0.3) is 0 Å². The van der Waals surface area contributed by atoms with Crippen molar-refractivity contribution in [2.75, 3.05) is 13.7 Å². The largest absolute Gasteiger partial charge is 0.496 e. The summed E-state index contributed by atoms with van der Waals surface area (Å²) >= 11 is 0. The van der Waals surface area contributed by atoms with E-state index < -0.39 is 0 Å². The lowest BCUT2D eigenvalue weighted by atomic mass is 10.1. The highest BCUT2D eigenvalue weighted by Gasteiger charge is 2.07. The molecular weight excluding hydrogens is 183 g/mol. The van der Waals surface area contributed by atoms with E-state index in [1.165, 1.54) is 13.2 Å². The molecule has 1 aromatic carbocycles. The van der Waals surface area contributed by atoms with Crippen LogP contribution < -0.4 is 4.74 Å². The highest BCUT2D eigenvalue weighted by atomic mass is 19.1. The van der Waals surface area contributed by atoms with Gasteiger partial charge in [-0.05, 0) is 37.0 Å². The van der Waals surface area contributed by atoms with Crippen LogP contribution in [0.3, 0.4) is 0 Å². The molecule has 0 saturated carbocycles. The van der Waals surface area contributed by atoms with Gasteiger partial charge in [-0.25, -0.2) is 4.39 Å². The summed E-state index contributed by atoms with van der Waals surface area (Å²) in [6.45, 7) is 1.86. The molecule has 0 spiro atoms. The Labute approximate surface area is 83.3 Å². The first-order valence-corrected chi connectivity index (χ1v) is 4.63. The number of rotatable bonds is 4. The number of hydrogen-bond acceptors (Lipinski definition) is 2. The monoisotopic (exact) mass is 198 g/mol. The number of aryl methyl sites for hydroxylation is 2. The van der Waals surface area contributed by atoms with E-state index in [-0.39, 0.29) is 12.4 Å². The second kappa shape index (κ2) is 4.96. The summed E-state index contributed by atoms with van der Waals surface area (Å²) in [5.74, 6) is 0.302. The van der Waals surface area contributed by atoms with Gasteiger partial charge in [-0.3, -0.25) is 0 Å². The first kappa shape index (κ1) is 11.0. The third-order valence-corrected chi connectivity index (χ3v) is 2.17. The molecule has 0 aliphatic carbocycles. The molecule has 14 heavy (non-hydrogen) atoms. The van der Waals surface area contributed by atoms with Crippen molar-refractivity contribution in [2.24, 2.45) is 0 Å². The Hall–Kier alpha value is -1.09. The summed E-state index contributed by atoms with van der Waals surface area (Å²) in [5, 5.41) is 8.70. The highest BCUT2D eigenvalue weighted by molar-refractivity contribution is 5.37. The number of aliphatic hydroxyl groups is 1. The molecule has 0 heterocycles. The molecule has 1 N–H and O–H groups in total. The smallest absolute Gasteiger partial charge is 0.129 e. The molecule has 0 radical (unpaired) electrons. The summed E-state index contributed by atoms with van der Waals surface area (Å²) in [5.41, 5.74) is 1.55. The van der Waals surface area contributed by atoms with Gasteiger partial charge >= 0.3 is 0 Å². The zero-order valence-corrected chi connectivity index (χ0v) is 8.51. The van der Waals surface area contributed by atoms with Gasteiger partial charge in [0.05, 0.1) is 7.11 Å². The fourth-order valence-electron chi connectivity index (χ4n) is 1.38. The van der Waals surface area contributed by atoms with Crippen LogP contribution in [-0.2, 0) is 6.42 Å². The average Bonchev–Trinajstić information content (AvgIpc) is 2.19. The van der Waals surface area contributed by atoms with E-state index >= 15 is 0 Å². The molecule has 0 bridgehead atoms. The Morgan fingerprint density at radius 3 is 2.71 bits per heavy atom. The summed E-state index contributed by atoms with van der Waals surface area (Å²) in [6.07, 6.45) is 1.38. The lowest BCUT2D eigenvalue weighted by Crippen LogP contribution is -1.97. The van der Waals surface area contributed by atoms with Crippen molar-refractivity contribution in [2.45, 2.75) is 19.8 Å². The van der Waals surface area contributed by atoms with Crippen LogP contribution in [0.5, 0.6) is 5.75 Å². The number of halogens is 1. The van der Waals surface area contributed by atoms with Crippen LogP contribution >= 0.6 is 0 Å². The van der Waals surface area contributed by atoms with Crippen LogP contribution in [0, 0.1) is 12.7 Å². The lowest BCUT2D eigenvalue weighted by molar-refractivity contribution is 0.287. The van der Waals surface area contributed by atoms with Gasteiger partial charge in [0, 0.05) is 12.7 Å². The fourth-order valence-corrected chi connectivity index (χ4v) is 1.38. The van der Waals surface area contributed by atoms with E-state index in [4.69, 9.17) is 9.84 Å². The minimum atomic E-state index is -0.255. The molecule has 78 valence electrons. The van der Waals surface area contributed by atoms with E-state index in [2.05, 4.69) is 0 Å². The third kappa shape index (κ3) is 2.45. The minimum Gasteiger partial charge on any atom is -0.496 e. The van der Waals surface area contributed by atoms with Crippen molar-refractivity contribution < 1.29 is 14.2 Å². The van der Waals surface area contributed by atoms with Gasteiger partial charge in [-0.1, -0.05) is 0 Å². The van der Waals surface area contributed by atoms with E-state index in [9.17, 15) is 4.39 Å². The van der Waals surface area contributed by atoms with Gasteiger partial charge in [0.15, 0.2) is 0 Å². The van der Waals surface area contributed by atoms with Crippen LogP contribution in [0.1, 0.15) is 17.5 Å². The van der Waals surface area contributed by atoms with Gasteiger partial charge in [-0.15, -0.1) is 0 Å². The van der Waals surface area contributed by atoms with Gasteiger partial charge < -0.3 is 9.84 Å². The fraction of sp³-hybridized carbons (Fsp3) is 0.455. The number of aliphatic hydroxyl groups excluding tert-OH is 1. The molecule has 3 heteroatoms. The van der Waals surface area contributed by atoms with Crippen LogP contribution in [-0.4, -0.2) is 18.8 Å². The molecule has 0 saturated heterocycles. The van der Waals surface area contributed by atoms with Crippen molar-refractivity contribution in [1.82, 2.24) is 0 Å². The molecule has 0 aliphatic heterocycles. The number of benzene rings is 1. The second-order valence-corrected chi connectivity index (χ2v) is 3.24. The zero-order chi connectivity index (χ0) is 10.6. The Morgan fingerprint density at radius 1 is 1.43 bits per heavy atom. The van der Waals surface area contributed by atoms with E-state index in [0.29, 0.717) is 24.2 Å². The highest BCUT2D eigenvalue weighted by Crippen LogP contribution is 2.23. The predicted octanol–water partition coefficient (Wildman–Crippen LogP) is 2.07. The first-order valence-electron chi connectivity index (χ1n) is 4.63.